The average Bonchev–Trinajstić information content (AvgIpc) is 2.33. The second-order valence-corrected chi connectivity index (χ2v) is 0. The fourth-order valence-electron chi connectivity index (χ4n) is 0. The molecule has 0 spiro atoms. The van der Waals surface area contributed by atoms with Gasteiger partial charge in [-0.15, -0.1) is 0 Å². The molecule has 70 valence electrons. The van der Waals surface area contributed by atoms with E-state index in [1.807, 2.05) is 0 Å². The minimum Gasteiger partial charge on any atom is -0.512 e. The Bertz CT molecular complexity index is 101. The molecule has 15 heavy (non-hydrogen) atoms. The van der Waals surface area contributed by atoms with Crippen LogP contribution < -0.4 is 0 Å². The molecule has 0 aliphatic carbocycles. The van der Waals surface area contributed by atoms with Crippen molar-refractivity contribution in [3.8, 4) is 0 Å². The van der Waals surface area contributed by atoms with Crippen molar-refractivity contribution in [3.05, 3.63) is 39.4 Å². The van der Waals surface area contributed by atoms with E-state index in [2.05, 4.69) is 0 Å². The number of hydrogen-bond donors (Lipinski definition) is 0. The zero-order valence-corrected chi connectivity index (χ0v) is 15.9. The summed E-state index contributed by atoms with van der Waals surface area (Å²) >= 11 is 0. The molecule has 0 aliphatic heterocycles. The Morgan fingerprint density at radius 1 is 0.333 bits per heavy atom. The van der Waals surface area contributed by atoms with E-state index in [0.29, 0.717) is 0 Å². The van der Waals surface area contributed by atoms with E-state index in [-0.39, 0.29) is 71.7 Å². The summed E-state index contributed by atoms with van der Waals surface area (Å²) in [6, 6.07) is 0. The van der Waals surface area contributed by atoms with E-state index < -0.39 is 0 Å². The van der Waals surface area contributed by atoms with Gasteiger partial charge in [-0.25, -0.2) is 0 Å². The van der Waals surface area contributed by atoms with E-state index >= 15 is 0 Å². The Morgan fingerprint density at radius 2 is 0.333 bits per heavy atom. The Kier molecular flexibility index (Phi) is 24900. The number of rotatable bonds is 0. The largest absolute Gasteiger partial charge is 2.00 e. The summed E-state index contributed by atoms with van der Waals surface area (Å²) < 4.78 is 0. The van der Waals surface area contributed by atoms with Crippen molar-refractivity contribution >= 4 is 54.6 Å². The van der Waals surface area contributed by atoms with Gasteiger partial charge in [-0.3, -0.25) is 0 Å². The summed E-state index contributed by atoms with van der Waals surface area (Å²) in [5, 5.41) is 37.5. The third-order valence-corrected chi connectivity index (χ3v) is 0. The zero-order chi connectivity index (χ0) is 12.0. The Balaban J connectivity index is -0.00000000396. The normalized spacial score (nSPS) is 0.800. The topological polar surface area (TPSA) is 143 Å². The summed E-state index contributed by atoms with van der Waals surface area (Å²) in [4.78, 5) is 0. The maximum Gasteiger partial charge on any atom is 2.00 e. The van der Waals surface area contributed by atoms with E-state index in [0.717, 1.165) is 0 Å². The zero-order valence-electron chi connectivity index (χ0n) is 7.04. The summed E-state index contributed by atoms with van der Waals surface area (Å²) in [5.41, 5.74) is 0. The molecule has 0 saturated carbocycles. The SMILES string of the molecule is [C-]#N.[C-]#N.[C-]#N.[C-]#N.[C-]#N.[C-]#N.[Fe+2].[Pb+2].[Pb+2]. The number of nitrogens with zero attached hydrogens (tertiary/aromatic N) is 6. The smallest absolute Gasteiger partial charge is 0.512 e. The van der Waals surface area contributed by atoms with Crippen molar-refractivity contribution in [1.82, 2.24) is 0 Å². The van der Waals surface area contributed by atoms with Gasteiger partial charge in [0.05, 0.1) is 0 Å². The van der Waals surface area contributed by atoms with Gasteiger partial charge < -0.3 is 71.0 Å². The summed E-state index contributed by atoms with van der Waals surface area (Å²) in [6.07, 6.45) is 0. The molecule has 6 nitrogen and oxygen atoms in total. The van der Waals surface area contributed by atoms with E-state index in [1.165, 1.54) is 0 Å². The Labute approximate surface area is 141 Å². The molecule has 0 aromatic heterocycles. The maximum atomic E-state index is 6.25. The first-order chi connectivity index (χ1) is 6.00. The summed E-state index contributed by atoms with van der Waals surface area (Å²) in [6.45, 7) is 28.5. The standard InChI is InChI=1S/6CN.Fe.2Pb/c6*1-2;;;/q6*-1;3*+2. The molecule has 0 atom stereocenters. The molecular formula is C6FeN6Pb2. The van der Waals surface area contributed by atoms with Gasteiger partial charge in [0.1, 0.15) is 0 Å². The minimum absolute atomic E-state index is 0. The van der Waals surface area contributed by atoms with E-state index in [4.69, 9.17) is 71.0 Å². The maximum absolute atomic E-state index is 6.25. The first kappa shape index (κ1) is 90.0. The van der Waals surface area contributed by atoms with Crippen LogP contribution in [0.1, 0.15) is 0 Å². The van der Waals surface area contributed by atoms with Crippen LogP contribution in [0.4, 0.5) is 0 Å². The van der Waals surface area contributed by atoms with Crippen LogP contribution in [0.25, 0.3) is 0 Å². The molecule has 0 unspecified atom stereocenters. The van der Waals surface area contributed by atoms with Crippen LogP contribution in [0.2, 0.25) is 0 Å². The van der Waals surface area contributed by atoms with Crippen molar-refractivity contribution in [2.75, 3.05) is 0 Å². The van der Waals surface area contributed by atoms with Gasteiger partial charge in [0, 0.05) is 0 Å². The first-order valence-corrected chi connectivity index (χ1v) is 1.34. The predicted molar refractivity (Wildman–Crippen MR) is 41.3 cm³/mol. The third-order valence-electron chi connectivity index (χ3n) is 0. The predicted octanol–water partition coefficient (Wildman–Crippen LogP) is -0.186. The molecule has 0 fully saturated rings. The molecule has 0 amide bonds. The Morgan fingerprint density at radius 3 is 0.333 bits per heavy atom. The van der Waals surface area contributed by atoms with Crippen LogP contribution in [0, 0.1) is 71.0 Å². The fraction of sp³-hybridized carbons (Fsp3) is 0. The molecule has 0 N–H and O–H groups in total. The molecular weight excluding hydrogens is 626 g/mol. The Hall–Kier alpha value is -0.696. The van der Waals surface area contributed by atoms with Crippen LogP contribution in [0.3, 0.4) is 0 Å². The molecule has 0 saturated heterocycles. The second kappa shape index (κ2) is 4150. The van der Waals surface area contributed by atoms with Crippen LogP contribution in [0.15, 0.2) is 0 Å². The van der Waals surface area contributed by atoms with Crippen LogP contribution in [-0.2, 0) is 17.1 Å². The molecule has 0 rings (SSSR count). The molecule has 0 aromatic rings. The molecule has 0 aliphatic rings. The van der Waals surface area contributed by atoms with Crippen molar-refractivity contribution < 1.29 is 17.1 Å². The summed E-state index contributed by atoms with van der Waals surface area (Å²) in [5.74, 6) is 0. The first-order valence-electron chi connectivity index (χ1n) is 1.34. The fourth-order valence-corrected chi connectivity index (χ4v) is 0. The van der Waals surface area contributed by atoms with Gasteiger partial charge in [-0.1, -0.05) is 0 Å². The summed E-state index contributed by atoms with van der Waals surface area (Å²) in [7, 11) is 0. The van der Waals surface area contributed by atoms with Crippen molar-refractivity contribution in [1.29, 1.82) is 31.6 Å². The molecule has 9 heteroatoms. The van der Waals surface area contributed by atoms with Gasteiger partial charge in [0.2, 0.25) is 0 Å². The van der Waals surface area contributed by atoms with Gasteiger partial charge >= 0.3 is 71.7 Å². The van der Waals surface area contributed by atoms with Crippen molar-refractivity contribution in [2.45, 2.75) is 0 Å². The molecule has 4 radical (unpaired) electrons. The van der Waals surface area contributed by atoms with Crippen LogP contribution in [0.5, 0.6) is 0 Å². The quantitative estimate of drug-likeness (QED) is 0.270. The second-order valence-electron chi connectivity index (χ2n) is 0. The average molecular weight is 626 g/mol. The van der Waals surface area contributed by atoms with Crippen LogP contribution in [-0.4, -0.2) is 54.6 Å². The monoisotopic (exact) mass is 628 g/mol. The molecule has 0 heterocycles. The van der Waals surface area contributed by atoms with Gasteiger partial charge in [0.15, 0.2) is 0 Å². The molecule has 0 aromatic carbocycles. The van der Waals surface area contributed by atoms with E-state index in [9.17, 15) is 0 Å². The molecule has 0 bridgehead atoms. The van der Waals surface area contributed by atoms with Crippen molar-refractivity contribution in [2.24, 2.45) is 0 Å². The van der Waals surface area contributed by atoms with Crippen LogP contribution >= 0.6 is 0 Å². The third kappa shape index (κ3) is 3510. The van der Waals surface area contributed by atoms with Crippen molar-refractivity contribution in [3.63, 3.8) is 0 Å². The van der Waals surface area contributed by atoms with Gasteiger partial charge in [-0.2, -0.15) is 0 Å². The van der Waals surface area contributed by atoms with Gasteiger partial charge in [0.25, 0.3) is 0 Å². The van der Waals surface area contributed by atoms with E-state index in [1.54, 1.807) is 0 Å². The number of hydrogen-bond acceptors (Lipinski definition) is 6. The minimum atomic E-state index is 0. The van der Waals surface area contributed by atoms with Gasteiger partial charge in [-0.05, 0) is 0 Å².